The highest BCUT2D eigenvalue weighted by Gasteiger charge is 2.15. The molecule has 3 nitrogen and oxygen atoms in total. The van der Waals surface area contributed by atoms with Crippen LogP contribution in [0.5, 0.6) is 17.2 Å². The van der Waals surface area contributed by atoms with Crippen LogP contribution in [0.25, 0.3) is 0 Å². The van der Waals surface area contributed by atoms with Crippen LogP contribution < -0.4 is 14.2 Å². The van der Waals surface area contributed by atoms with Crippen LogP contribution in [-0.2, 0) is 0 Å². The van der Waals surface area contributed by atoms with Crippen LogP contribution in [0.3, 0.4) is 0 Å². The van der Waals surface area contributed by atoms with E-state index in [1.54, 1.807) is 21.3 Å². The van der Waals surface area contributed by atoms with Gasteiger partial charge in [0.1, 0.15) is 17.2 Å². The molecule has 0 aliphatic heterocycles. The molecule has 2 rings (SSSR count). The molecule has 0 N–H and O–H groups in total. The first kappa shape index (κ1) is 15.8. The van der Waals surface area contributed by atoms with Gasteiger partial charge in [0.15, 0.2) is 0 Å². The fourth-order valence-electron chi connectivity index (χ4n) is 2.44. The highest BCUT2D eigenvalue weighted by atomic mass is 16.5. The third-order valence-electron chi connectivity index (χ3n) is 3.52. The minimum atomic E-state index is -0.196. The summed E-state index contributed by atoms with van der Waals surface area (Å²) in [4.78, 5) is 0. The SMILES string of the molecule is C#CC(c1cc(C)cc(OC)c1)c1cc(OC)cc(OC)c1. The number of methoxy groups -OCH3 is 3. The van der Waals surface area contributed by atoms with E-state index in [-0.39, 0.29) is 5.92 Å². The van der Waals surface area contributed by atoms with Gasteiger partial charge in [0.25, 0.3) is 0 Å². The molecule has 22 heavy (non-hydrogen) atoms. The van der Waals surface area contributed by atoms with Gasteiger partial charge in [-0.15, -0.1) is 6.42 Å². The van der Waals surface area contributed by atoms with Crippen molar-refractivity contribution in [2.24, 2.45) is 0 Å². The summed E-state index contributed by atoms with van der Waals surface area (Å²) < 4.78 is 16.0. The second kappa shape index (κ2) is 6.91. The van der Waals surface area contributed by atoms with Crippen LogP contribution in [-0.4, -0.2) is 21.3 Å². The van der Waals surface area contributed by atoms with Crippen molar-refractivity contribution in [3.8, 4) is 29.6 Å². The lowest BCUT2D eigenvalue weighted by molar-refractivity contribution is 0.393. The monoisotopic (exact) mass is 296 g/mol. The van der Waals surface area contributed by atoms with Gasteiger partial charge >= 0.3 is 0 Å². The fraction of sp³-hybridized carbons (Fsp3) is 0.263. The van der Waals surface area contributed by atoms with Crippen molar-refractivity contribution in [1.82, 2.24) is 0 Å². The van der Waals surface area contributed by atoms with Gasteiger partial charge in [-0.1, -0.05) is 12.0 Å². The number of hydrogen-bond donors (Lipinski definition) is 0. The molecule has 0 amide bonds. The second-order valence-electron chi connectivity index (χ2n) is 5.03. The van der Waals surface area contributed by atoms with Gasteiger partial charge < -0.3 is 14.2 Å². The topological polar surface area (TPSA) is 27.7 Å². The minimum absolute atomic E-state index is 0.196. The Labute approximate surface area is 131 Å². The van der Waals surface area contributed by atoms with Crippen LogP contribution in [0.2, 0.25) is 0 Å². The second-order valence-corrected chi connectivity index (χ2v) is 5.03. The smallest absolute Gasteiger partial charge is 0.122 e. The maximum absolute atomic E-state index is 5.79. The molecule has 0 spiro atoms. The molecule has 0 radical (unpaired) electrons. The molecule has 2 aromatic rings. The van der Waals surface area contributed by atoms with Gasteiger partial charge in [0, 0.05) is 6.07 Å². The number of terminal acetylenes is 1. The van der Waals surface area contributed by atoms with E-state index in [1.165, 1.54) is 0 Å². The summed E-state index contributed by atoms with van der Waals surface area (Å²) in [7, 11) is 4.90. The van der Waals surface area contributed by atoms with Crippen LogP contribution in [0, 0.1) is 19.3 Å². The van der Waals surface area contributed by atoms with Crippen molar-refractivity contribution in [2.75, 3.05) is 21.3 Å². The lowest BCUT2D eigenvalue weighted by Gasteiger charge is -2.16. The molecule has 0 heterocycles. The largest absolute Gasteiger partial charge is 0.497 e. The Balaban J connectivity index is 2.53. The van der Waals surface area contributed by atoms with Crippen molar-refractivity contribution >= 4 is 0 Å². The molecule has 0 bridgehead atoms. The normalized spacial score (nSPS) is 11.4. The molecule has 0 aliphatic carbocycles. The predicted octanol–water partition coefficient (Wildman–Crippen LogP) is 3.79. The molecule has 1 atom stereocenters. The summed E-state index contributed by atoms with van der Waals surface area (Å²) in [6, 6.07) is 11.7. The first-order chi connectivity index (χ1) is 10.6. The molecule has 0 aromatic heterocycles. The first-order valence-corrected chi connectivity index (χ1v) is 6.96. The van der Waals surface area contributed by atoms with Gasteiger partial charge in [-0.3, -0.25) is 0 Å². The number of ether oxygens (including phenoxy) is 3. The predicted molar refractivity (Wildman–Crippen MR) is 88.0 cm³/mol. The van der Waals surface area contributed by atoms with E-state index in [0.29, 0.717) is 11.5 Å². The van der Waals surface area contributed by atoms with Crippen LogP contribution in [0.1, 0.15) is 22.6 Å². The van der Waals surface area contributed by atoms with Gasteiger partial charge in [-0.25, -0.2) is 0 Å². The highest BCUT2D eigenvalue weighted by molar-refractivity contribution is 5.49. The molecule has 0 fully saturated rings. The lowest BCUT2D eigenvalue weighted by Crippen LogP contribution is -2.01. The molecular weight excluding hydrogens is 276 g/mol. The molecule has 2 aromatic carbocycles. The van der Waals surface area contributed by atoms with Gasteiger partial charge in [0.2, 0.25) is 0 Å². The zero-order valence-corrected chi connectivity index (χ0v) is 13.3. The summed E-state index contributed by atoms with van der Waals surface area (Å²) in [5.74, 6) is 4.88. The standard InChI is InChI=1S/C19H20O3/c1-6-19(14-7-13(2)8-16(9-14)20-3)15-10-17(21-4)12-18(11-15)22-5/h1,7-12,19H,2-5H3. The van der Waals surface area contributed by atoms with E-state index >= 15 is 0 Å². The number of aryl methyl sites for hydroxylation is 1. The Morgan fingerprint density at radius 2 is 1.23 bits per heavy atom. The quantitative estimate of drug-likeness (QED) is 0.786. The van der Waals surface area contributed by atoms with Crippen molar-refractivity contribution in [3.05, 3.63) is 53.1 Å². The summed E-state index contributed by atoms with van der Waals surface area (Å²) in [5, 5.41) is 0. The average molecular weight is 296 g/mol. The van der Waals surface area contributed by atoms with Gasteiger partial charge in [-0.2, -0.15) is 0 Å². The summed E-state index contributed by atoms with van der Waals surface area (Å²) in [6.07, 6.45) is 5.79. The van der Waals surface area contributed by atoms with E-state index in [9.17, 15) is 0 Å². The van der Waals surface area contributed by atoms with Crippen LogP contribution in [0.15, 0.2) is 36.4 Å². The molecule has 3 heteroatoms. The summed E-state index contributed by atoms with van der Waals surface area (Å²) in [6.45, 7) is 2.02. The fourth-order valence-corrected chi connectivity index (χ4v) is 2.44. The third kappa shape index (κ3) is 3.35. The Morgan fingerprint density at radius 3 is 1.68 bits per heavy atom. The van der Waals surface area contributed by atoms with Gasteiger partial charge in [-0.05, 0) is 47.9 Å². The van der Waals surface area contributed by atoms with E-state index in [4.69, 9.17) is 20.6 Å². The Hall–Kier alpha value is -2.60. The van der Waals surface area contributed by atoms with Crippen LogP contribution >= 0.6 is 0 Å². The van der Waals surface area contributed by atoms with E-state index in [0.717, 1.165) is 22.4 Å². The molecule has 114 valence electrons. The van der Waals surface area contributed by atoms with E-state index < -0.39 is 0 Å². The molecule has 1 unspecified atom stereocenters. The Morgan fingerprint density at radius 1 is 0.773 bits per heavy atom. The summed E-state index contributed by atoms with van der Waals surface area (Å²) >= 11 is 0. The maximum atomic E-state index is 5.79. The molecule has 0 saturated carbocycles. The Kier molecular flexibility index (Phi) is 4.95. The maximum Gasteiger partial charge on any atom is 0.122 e. The average Bonchev–Trinajstić information content (AvgIpc) is 2.54. The zero-order valence-electron chi connectivity index (χ0n) is 13.3. The number of rotatable bonds is 5. The molecule has 0 aliphatic rings. The van der Waals surface area contributed by atoms with Crippen molar-refractivity contribution in [2.45, 2.75) is 12.8 Å². The summed E-state index contributed by atoms with van der Waals surface area (Å²) in [5.41, 5.74) is 3.06. The number of hydrogen-bond acceptors (Lipinski definition) is 3. The minimum Gasteiger partial charge on any atom is -0.497 e. The molecule has 0 saturated heterocycles. The van der Waals surface area contributed by atoms with Crippen LogP contribution in [0.4, 0.5) is 0 Å². The van der Waals surface area contributed by atoms with Gasteiger partial charge in [0.05, 0.1) is 27.2 Å². The van der Waals surface area contributed by atoms with Crippen molar-refractivity contribution < 1.29 is 14.2 Å². The highest BCUT2D eigenvalue weighted by Crippen LogP contribution is 2.33. The molecular formula is C19H20O3. The first-order valence-electron chi connectivity index (χ1n) is 6.96. The van der Waals surface area contributed by atoms with E-state index in [1.807, 2.05) is 37.3 Å². The van der Waals surface area contributed by atoms with Crippen molar-refractivity contribution in [1.29, 1.82) is 0 Å². The third-order valence-corrected chi connectivity index (χ3v) is 3.52. The Bertz CT molecular complexity index is 676. The number of benzene rings is 2. The lowest BCUT2D eigenvalue weighted by atomic mass is 9.90. The van der Waals surface area contributed by atoms with E-state index in [2.05, 4.69) is 12.0 Å². The van der Waals surface area contributed by atoms with Crippen molar-refractivity contribution in [3.63, 3.8) is 0 Å². The zero-order chi connectivity index (χ0) is 16.1.